The van der Waals surface area contributed by atoms with Crippen LogP contribution in [0.5, 0.6) is 0 Å². The van der Waals surface area contributed by atoms with Crippen molar-refractivity contribution < 1.29 is 0 Å². The van der Waals surface area contributed by atoms with Gasteiger partial charge in [-0.3, -0.25) is 0 Å². The highest BCUT2D eigenvalue weighted by Gasteiger charge is 2.10. The van der Waals surface area contributed by atoms with Gasteiger partial charge in [-0.1, -0.05) is 41.9 Å². The first-order valence-electron chi connectivity index (χ1n) is 7.08. The molecule has 2 aromatic rings. The smallest absolute Gasteiger partial charge is 0.0948 e. The van der Waals surface area contributed by atoms with Crippen molar-refractivity contribution in [1.82, 2.24) is 9.88 Å². The number of benzene rings is 1. The molecule has 0 fully saturated rings. The molecule has 0 aliphatic carbocycles. The molecule has 0 unspecified atom stereocenters. The molecule has 108 valence electrons. The molecule has 0 bridgehead atoms. The lowest BCUT2D eigenvalue weighted by Crippen LogP contribution is -2.25. The fourth-order valence-corrected chi connectivity index (χ4v) is 3.44. The number of hydrogen-bond acceptors (Lipinski definition) is 3. The molecule has 4 heteroatoms. The highest BCUT2D eigenvalue weighted by Crippen LogP contribution is 2.28. The van der Waals surface area contributed by atoms with Crippen molar-refractivity contribution in [2.45, 2.75) is 27.2 Å². The molecule has 1 heterocycles. The van der Waals surface area contributed by atoms with E-state index in [1.165, 1.54) is 15.4 Å². The minimum atomic E-state index is 1.05. The summed E-state index contributed by atoms with van der Waals surface area (Å²) in [7, 11) is 0. The molecular formula is C16H21BrN2S. The average Bonchev–Trinajstić information content (AvgIpc) is 2.82. The van der Waals surface area contributed by atoms with E-state index in [0.717, 1.165) is 36.2 Å². The van der Waals surface area contributed by atoms with Crippen LogP contribution in [0.3, 0.4) is 0 Å². The minimum absolute atomic E-state index is 1.05. The van der Waals surface area contributed by atoms with E-state index in [1.807, 2.05) is 11.3 Å². The molecule has 0 N–H and O–H groups in total. The molecule has 2 nitrogen and oxygen atoms in total. The number of aromatic nitrogens is 1. The molecule has 1 aromatic heterocycles. The van der Waals surface area contributed by atoms with E-state index < -0.39 is 0 Å². The van der Waals surface area contributed by atoms with E-state index in [0.29, 0.717) is 0 Å². The summed E-state index contributed by atoms with van der Waals surface area (Å²) in [6.07, 6.45) is 1.05. The number of aryl methyl sites for hydroxylation is 1. The van der Waals surface area contributed by atoms with Gasteiger partial charge in [-0.15, -0.1) is 11.3 Å². The number of rotatable bonds is 6. The molecule has 20 heavy (non-hydrogen) atoms. The monoisotopic (exact) mass is 352 g/mol. The van der Waals surface area contributed by atoms with Crippen molar-refractivity contribution in [2.75, 3.05) is 19.6 Å². The largest absolute Gasteiger partial charge is 0.303 e. The lowest BCUT2D eigenvalue weighted by atomic mass is 10.1. The van der Waals surface area contributed by atoms with E-state index in [1.54, 1.807) is 0 Å². The van der Waals surface area contributed by atoms with Gasteiger partial charge in [-0.25, -0.2) is 4.98 Å². The van der Waals surface area contributed by atoms with Crippen molar-refractivity contribution in [3.8, 4) is 11.3 Å². The van der Waals surface area contributed by atoms with Gasteiger partial charge in [0.05, 0.1) is 10.7 Å². The SMILES string of the molecule is CCN(CC)CCc1nc(-c2ccc(Br)cc2)c(C)s1. The van der Waals surface area contributed by atoms with Gasteiger partial charge in [0.25, 0.3) is 0 Å². The van der Waals surface area contributed by atoms with Crippen LogP contribution in [0.4, 0.5) is 0 Å². The molecule has 0 amide bonds. The molecule has 0 atom stereocenters. The molecule has 0 aliphatic heterocycles. The lowest BCUT2D eigenvalue weighted by molar-refractivity contribution is 0.308. The molecule has 0 aliphatic rings. The van der Waals surface area contributed by atoms with Crippen molar-refractivity contribution in [1.29, 1.82) is 0 Å². The Hall–Kier alpha value is -0.710. The molecular weight excluding hydrogens is 332 g/mol. The predicted octanol–water partition coefficient (Wildman–Crippen LogP) is 4.77. The summed E-state index contributed by atoms with van der Waals surface area (Å²) in [5.74, 6) is 0. The van der Waals surface area contributed by atoms with Gasteiger partial charge >= 0.3 is 0 Å². The molecule has 0 saturated heterocycles. The van der Waals surface area contributed by atoms with Crippen LogP contribution in [-0.2, 0) is 6.42 Å². The Balaban J connectivity index is 2.11. The van der Waals surface area contributed by atoms with E-state index in [2.05, 4.69) is 65.9 Å². The van der Waals surface area contributed by atoms with Crippen LogP contribution in [0.1, 0.15) is 23.7 Å². The van der Waals surface area contributed by atoms with Crippen molar-refractivity contribution >= 4 is 27.3 Å². The van der Waals surface area contributed by atoms with Crippen LogP contribution in [0.25, 0.3) is 11.3 Å². The quantitative estimate of drug-likeness (QED) is 0.744. The maximum Gasteiger partial charge on any atom is 0.0948 e. The number of thiazole rings is 1. The van der Waals surface area contributed by atoms with Crippen LogP contribution in [0, 0.1) is 6.92 Å². The molecule has 0 radical (unpaired) electrons. The standard InChI is InChI=1S/C16H21BrN2S/c1-4-19(5-2)11-10-15-18-16(12(3)20-15)13-6-8-14(17)9-7-13/h6-9H,4-5,10-11H2,1-3H3. The van der Waals surface area contributed by atoms with Crippen molar-refractivity contribution in [3.05, 3.63) is 38.6 Å². The van der Waals surface area contributed by atoms with Crippen molar-refractivity contribution in [2.24, 2.45) is 0 Å². The maximum absolute atomic E-state index is 4.83. The summed E-state index contributed by atoms with van der Waals surface area (Å²) < 4.78 is 1.11. The average molecular weight is 353 g/mol. The summed E-state index contributed by atoms with van der Waals surface area (Å²) >= 11 is 5.30. The van der Waals surface area contributed by atoms with Crippen LogP contribution in [0.15, 0.2) is 28.7 Å². The minimum Gasteiger partial charge on any atom is -0.303 e. The normalized spacial score (nSPS) is 11.2. The van der Waals surface area contributed by atoms with E-state index in [9.17, 15) is 0 Å². The molecule has 1 aromatic carbocycles. The lowest BCUT2D eigenvalue weighted by Gasteiger charge is -2.16. The topological polar surface area (TPSA) is 16.1 Å². The Morgan fingerprint density at radius 3 is 2.40 bits per heavy atom. The summed E-state index contributed by atoms with van der Waals surface area (Å²) in [6.45, 7) is 9.91. The fourth-order valence-electron chi connectivity index (χ4n) is 2.23. The second kappa shape index (κ2) is 7.34. The predicted molar refractivity (Wildman–Crippen MR) is 91.5 cm³/mol. The second-order valence-electron chi connectivity index (χ2n) is 4.80. The van der Waals surface area contributed by atoms with Gasteiger partial charge in [0.1, 0.15) is 0 Å². The third-order valence-corrected chi connectivity index (χ3v) is 5.05. The summed E-state index contributed by atoms with van der Waals surface area (Å²) in [5, 5.41) is 1.24. The van der Waals surface area contributed by atoms with Gasteiger partial charge in [-0.05, 0) is 32.1 Å². The Labute approximate surface area is 134 Å². The maximum atomic E-state index is 4.83. The molecule has 0 saturated carbocycles. The Morgan fingerprint density at radius 2 is 1.80 bits per heavy atom. The third-order valence-electron chi connectivity index (χ3n) is 3.49. The first-order chi connectivity index (χ1) is 9.63. The summed E-state index contributed by atoms with van der Waals surface area (Å²) in [6, 6.07) is 8.40. The van der Waals surface area contributed by atoms with Crippen LogP contribution < -0.4 is 0 Å². The molecule has 0 spiro atoms. The Bertz CT molecular complexity index is 544. The highest BCUT2D eigenvalue weighted by atomic mass is 79.9. The van der Waals surface area contributed by atoms with E-state index in [-0.39, 0.29) is 0 Å². The highest BCUT2D eigenvalue weighted by molar-refractivity contribution is 9.10. The zero-order chi connectivity index (χ0) is 14.5. The third kappa shape index (κ3) is 3.90. The van der Waals surface area contributed by atoms with Gasteiger partial charge in [-0.2, -0.15) is 0 Å². The van der Waals surface area contributed by atoms with Crippen LogP contribution in [-0.4, -0.2) is 29.5 Å². The first-order valence-corrected chi connectivity index (χ1v) is 8.69. The number of hydrogen-bond donors (Lipinski definition) is 0. The summed E-state index contributed by atoms with van der Waals surface area (Å²) in [5.41, 5.74) is 2.34. The van der Waals surface area contributed by atoms with Crippen molar-refractivity contribution in [3.63, 3.8) is 0 Å². The van der Waals surface area contributed by atoms with Gasteiger partial charge in [0, 0.05) is 27.9 Å². The zero-order valence-electron chi connectivity index (χ0n) is 12.3. The summed E-state index contributed by atoms with van der Waals surface area (Å²) in [4.78, 5) is 8.57. The zero-order valence-corrected chi connectivity index (χ0v) is 14.7. The number of halogens is 1. The number of likely N-dealkylation sites (N-methyl/N-ethyl adjacent to an activating group) is 1. The van der Waals surface area contributed by atoms with Gasteiger partial charge in [0.2, 0.25) is 0 Å². The van der Waals surface area contributed by atoms with E-state index in [4.69, 9.17) is 4.98 Å². The second-order valence-corrected chi connectivity index (χ2v) is 7.00. The van der Waals surface area contributed by atoms with E-state index >= 15 is 0 Å². The van der Waals surface area contributed by atoms with Gasteiger partial charge in [0.15, 0.2) is 0 Å². The Kier molecular flexibility index (Phi) is 5.75. The van der Waals surface area contributed by atoms with Gasteiger partial charge < -0.3 is 4.90 Å². The molecule has 2 rings (SSSR count). The van der Waals surface area contributed by atoms with Crippen LogP contribution in [0.2, 0.25) is 0 Å². The number of nitrogens with zero attached hydrogens (tertiary/aromatic N) is 2. The Morgan fingerprint density at radius 1 is 1.15 bits per heavy atom. The fraction of sp³-hybridized carbons (Fsp3) is 0.438. The van der Waals surface area contributed by atoms with Crippen LogP contribution >= 0.6 is 27.3 Å². The first kappa shape index (κ1) is 15.7.